The summed E-state index contributed by atoms with van der Waals surface area (Å²) >= 11 is 0. The Morgan fingerprint density at radius 1 is 0.900 bits per heavy atom. The summed E-state index contributed by atoms with van der Waals surface area (Å²) in [7, 11) is 4.08. The minimum Gasteiger partial charge on any atom is -0.378 e. The largest absolute Gasteiger partial charge is 0.378 e. The molecule has 1 N–H and O–H groups in total. The van der Waals surface area contributed by atoms with E-state index in [2.05, 4.69) is 45.5 Å². The van der Waals surface area contributed by atoms with E-state index in [1.54, 1.807) is 0 Å². The highest BCUT2D eigenvalue weighted by Gasteiger charge is 2.00. The lowest BCUT2D eigenvalue weighted by atomic mass is 10.2. The molecule has 3 heteroatoms. The molecule has 0 unspecified atom stereocenters. The molecule has 0 aliphatic heterocycles. The van der Waals surface area contributed by atoms with Crippen molar-refractivity contribution in [2.45, 2.75) is 0 Å². The summed E-state index contributed by atoms with van der Waals surface area (Å²) < 4.78 is 0. The Balaban J connectivity index is 1.90. The van der Waals surface area contributed by atoms with E-state index in [1.165, 1.54) is 5.69 Å². The van der Waals surface area contributed by atoms with Crippen molar-refractivity contribution in [2.75, 3.05) is 24.3 Å². The normalized spacial score (nSPS) is 10.5. The van der Waals surface area contributed by atoms with Crippen LogP contribution in [-0.4, -0.2) is 19.1 Å². The molecule has 0 radical (unpaired) electrons. The Morgan fingerprint density at radius 3 is 2.60 bits per heavy atom. The number of fused-ring (bicyclic) bond motifs is 1. The van der Waals surface area contributed by atoms with Crippen molar-refractivity contribution in [1.29, 1.82) is 0 Å². The fourth-order valence-electron chi connectivity index (χ4n) is 2.17. The number of rotatable bonds is 3. The summed E-state index contributed by atoms with van der Waals surface area (Å²) in [5.41, 5.74) is 4.25. The van der Waals surface area contributed by atoms with Crippen LogP contribution in [0.1, 0.15) is 0 Å². The average Bonchev–Trinajstić information content (AvgIpc) is 2.47. The maximum Gasteiger partial charge on any atom is 0.0703 e. The first-order chi connectivity index (χ1) is 9.72. The van der Waals surface area contributed by atoms with Crippen molar-refractivity contribution in [3.8, 4) is 0 Å². The highest BCUT2D eigenvalue weighted by molar-refractivity contribution is 5.82. The maximum absolute atomic E-state index is 4.46. The van der Waals surface area contributed by atoms with Gasteiger partial charge in [0.1, 0.15) is 0 Å². The monoisotopic (exact) mass is 263 g/mol. The maximum atomic E-state index is 4.46. The van der Waals surface area contributed by atoms with Gasteiger partial charge in [-0.25, -0.2) is 0 Å². The fraction of sp³-hybridized carbons (Fsp3) is 0.118. The van der Waals surface area contributed by atoms with Crippen LogP contribution in [0, 0.1) is 0 Å². The molecule has 0 aliphatic rings. The molecule has 0 amide bonds. The van der Waals surface area contributed by atoms with Gasteiger partial charge in [0.05, 0.1) is 17.4 Å². The van der Waals surface area contributed by atoms with E-state index in [0.29, 0.717) is 0 Å². The van der Waals surface area contributed by atoms with Crippen molar-refractivity contribution in [3.63, 3.8) is 0 Å². The molecule has 0 spiro atoms. The lowest BCUT2D eigenvalue weighted by molar-refractivity contribution is 1.13. The zero-order valence-electron chi connectivity index (χ0n) is 11.7. The van der Waals surface area contributed by atoms with Gasteiger partial charge in [-0.3, -0.25) is 4.98 Å². The van der Waals surface area contributed by atoms with Crippen LogP contribution in [0.5, 0.6) is 0 Å². The standard InChI is InChI=1S/C17H17N3/c1-20(2)16-8-5-7-14(11-16)19-15-10-13-6-3-4-9-17(13)18-12-15/h3-12,19H,1-2H3. The Kier molecular flexibility index (Phi) is 3.25. The van der Waals surface area contributed by atoms with Crippen LogP contribution in [0.15, 0.2) is 60.8 Å². The van der Waals surface area contributed by atoms with Crippen LogP contribution < -0.4 is 10.2 Å². The first kappa shape index (κ1) is 12.5. The zero-order valence-corrected chi connectivity index (χ0v) is 11.7. The molecule has 1 aromatic heterocycles. The van der Waals surface area contributed by atoms with Gasteiger partial charge >= 0.3 is 0 Å². The van der Waals surface area contributed by atoms with Crippen molar-refractivity contribution in [1.82, 2.24) is 4.98 Å². The molecule has 20 heavy (non-hydrogen) atoms. The molecular formula is C17H17N3. The predicted octanol–water partition coefficient (Wildman–Crippen LogP) is 4.04. The molecular weight excluding hydrogens is 246 g/mol. The third-order valence-electron chi connectivity index (χ3n) is 3.24. The Hall–Kier alpha value is -2.55. The summed E-state index contributed by atoms with van der Waals surface area (Å²) in [5.74, 6) is 0. The third kappa shape index (κ3) is 2.57. The fourth-order valence-corrected chi connectivity index (χ4v) is 2.17. The Bertz CT molecular complexity index is 735. The van der Waals surface area contributed by atoms with Crippen LogP contribution in [0.3, 0.4) is 0 Å². The van der Waals surface area contributed by atoms with E-state index in [-0.39, 0.29) is 0 Å². The topological polar surface area (TPSA) is 28.2 Å². The number of nitrogens with one attached hydrogen (secondary N) is 1. The molecule has 0 saturated carbocycles. The second-order valence-corrected chi connectivity index (χ2v) is 4.99. The Labute approximate surface area is 118 Å². The van der Waals surface area contributed by atoms with Gasteiger partial charge in [-0.05, 0) is 30.3 Å². The number of hydrogen-bond donors (Lipinski definition) is 1. The van der Waals surface area contributed by atoms with Gasteiger partial charge in [0.25, 0.3) is 0 Å². The van der Waals surface area contributed by atoms with E-state index in [0.717, 1.165) is 22.3 Å². The molecule has 3 rings (SSSR count). The second kappa shape index (κ2) is 5.21. The van der Waals surface area contributed by atoms with Crippen LogP contribution >= 0.6 is 0 Å². The van der Waals surface area contributed by atoms with E-state index in [4.69, 9.17) is 0 Å². The van der Waals surface area contributed by atoms with Gasteiger partial charge in [-0.15, -0.1) is 0 Å². The minimum atomic E-state index is 1.000. The summed E-state index contributed by atoms with van der Waals surface area (Å²) in [6.45, 7) is 0. The highest BCUT2D eigenvalue weighted by atomic mass is 15.1. The number of pyridine rings is 1. The van der Waals surface area contributed by atoms with Gasteiger partial charge in [-0.1, -0.05) is 24.3 Å². The summed E-state index contributed by atoms with van der Waals surface area (Å²) in [5, 5.41) is 4.54. The smallest absolute Gasteiger partial charge is 0.0703 e. The van der Waals surface area contributed by atoms with Crippen LogP contribution in [0.4, 0.5) is 17.1 Å². The Morgan fingerprint density at radius 2 is 1.75 bits per heavy atom. The van der Waals surface area contributed by atoms with Gasteiger partial charge in [0, 0.05) is 30.9 Å². The summed E-state index contributed by atoms with van der Waals surface area (Å²) in [6, 6.07) is 18.6. The van der Waals surface area contributed by atoms with E-state index >= 15 is 0 Å². The van der Waals surface area contributed by atoms with Gasteiger partial charge in [-0.2, -0.15) is 0 Å². The van der Waals surface area contributed by atoms with E-state index < -0.39 is 0 Å². The van der Waals surface area contributed by atoms with Crippen LogP contribution in [-0.2, 0) is 0 Å². The molecule has 0 bridgehead atoms. The molecule has 3 aromatic rings. The number of nitrogens with zero attached hydrogens (tertiary/aromatic N) is 2. The molecule has 0 aliphatic carbocycles. The van der Waals surface area contributed by atoms with Crippen molar-refractivity contribution in [2.24, 2.45) is 0 Å². The second-order valence-electron chi connectivity index (χ2n) is 4.99. The number of anilines is 3. The molecule has 0 fully saturated rings. The molecule has 1 heterocycles. The van der Waals surface area contributed by atoms with Gasteiger partial charge in [0.15, 0.2) is 0 Å². The quantitative estimate of drug-likeness (QED) is 0.773. The average molecular weight is 263 g/mol. The van der Waals surface area contributed by atoms with E-state index in [1.807, 2.05) is 44.6 Å². The minimum absolute atomic E-state index is 1.000. The third-order valence-corrected chi connectivity index (χ3v) is 3.24. The van der Waals surface area contributed by atoms with Crippen molar-refractivity contribution >= 4 is 28.0 Å². The lowest BCUT2D eigenvalue weighted by Gasteiger charge is -2.14. The number of benzene rings is 2. The van der Waals surface area contributed by atoms with Crippen molar-refractivity contribution < 1.29 is 0 Å². The highest BCUT2D eigenvalue weighted by Crippen LogP contribution is 2.23. The first-order valence-corrected chi connectivity index (χ1v) is 6.61. The molecule has 3 nitrogen and oxygen atoms in total. The van der Waals surface area contributed by atoms with Crippen molar-refractivity contribution in [3.05, 3.63) is 60.8 Å². The predicted molar refractivity (Wildman–Crippen MR) is 85.8 cm³/mol. The SMILES string of the molecule is CN(C)c1cccc(Nc2cnc3ccccc3c2)c1. The summed E-state index contributed by atoms with van der Waals surface area (Å²) in [6.07, 6.45) is 1.87. The number of aromatic nitrogens is 1. The first-order valence-electron chi connectivity index (χ1n) is 6.61. The summed E-state index contributed by atoms with van der Waals surface area (Å²) in [4.78, 5) is 6.55. The van der Waals surface area contributed by atoms with E-state index in [9.17, 15) is 0 Å². The van der Waals surface area contributed by atoms with Crippen LogP contribution in [0.25, 0.3) is 10.9 Å². The lowest BCUT2D eigenvalue weighted by Crippen LogP contribution is -2.08. The molecule has 2 aromatic carbocycles. The number of para-hydroxylation sites is 1. The number of hydrogen-bond acceptors (Lipinski definition) is 3. The van der Waals surface area contributed by atoms with Gasteiger partial charge < -0.3 is 10.2 Å². The van der Waals surface area contributed by atoms with Crippen LogP contribution in [0.2, 0.25) is 0 Å². The molecule has 0 atom stereocenters. The van der Waals surface area contributed by atoms with Gasteiger partial charge in [0.2, 0.25) is 0 Å². The zero-order chi connectivity index (χ0) is 13.9. The molecule has 100 valence electrons. The molecule has 0 saturated heterocycles.